The molecule has 1 amide bonds. The molecule has 1 aromatic carbocycles. The van der Waals surface area contributed by atoms with Crippen LogP contribution in [-0.4, -0.2) is 41.7 Å². The summed E-state index contributed by atoms with van der Waals surface area (Å²) in [6.45, 7) is 0.718. The van der Waals surface area contributed by atoms with Crippen molar-refractivity contribution in [3.8, 4) is 0 Å². The molecule has 0 radical (unpaired) electrons. The lowest BCUT2D eigenvalue weighted by molar-refractivity contribution is -0.118. The van der Waals surface area contributed by atoms with Gasteiger partial charge in [0.2, 0.25) is 5.91 Å². The fourth-order valence-electron chi connectivity index (χ4n) is 2.75. The van der Waals surface area contributed by atoms with E-state index in [4.69, 9.17) is 16.7 Å². The molecule has 0 aromatic heterocycles. The van der Waals surface area contributed by atoms with Crippen LogP contribution in [0.5, 0.6) is 0 Å². The Balaban J connectivity index is 1.95. The summed E-state index contributed by atoms with van der Waals surface area (Å²) in [4.78, 5) is 14.1. The Morgan fingerprint density at radius 2 is 2.14 bits per heavy atom. The number of rotatable bonds is 6. The van der Waals surface area contributed by atoms with Crippen molar-refractivity contribution < 1.29 is 14.3 Å². The number of nitrogens with one attached hydrogen (secondary N) is 1. The van der Waals surface area contributed by atoms with E-state index in [1.54, 1.807) is 0 Å². The van der Waals surface area contributed by atoms with E-state index in [2.05, 4.69) is 5.32 Å². The number of halogens is 2. The number of amides is 1. The first-order valence-corrected chi connectivity index (χ1v) is 7.58. The molecule has 0 heterocycles. The van der Waals surface area contributed by atoms with Gasteiger partial charge in [0.15, 0.2) is 0 Å². The van der Waals surface area contributed by atoms with Gasteiger partial charge in [0.05, 0.1) is 23.9 Å². The second-order valence-electron chi connectivity index (χ2n) is 5.30. The van der Waals surface area contributed by atoms with Crippen LogP contribution in [0.3, 0.4) is 0 Å². The summed E-state index contributed by atoms with van der Waals surface area (Å²) in [5.41, 5.74) is 0.401. The van der Waals surface area contributed by atoms with E-state index in [1.165, 1.54) is 18.2 Å². The lowest BCUT2D eigenvalue weighted by Gasteiger charge is -2.27. The Bertz CT molecular complexity index is 493. The summed E-state index contributed by atoms with van der Waals surface area (Å²) in [6, 6.07) is 4.22. The third-order valence-electron chi connectivity index (χ3n) is 3.78. The van der Waals surface area contributed by atoms with Crippen molar-refractivity contribution in [2.45, 2.75) is 31.7 Å². The molecule has 0 aliphatic heterocycles. The third kappa shape index (κ3) is 4.66. The van der Waals surface area contributed by atoms with Crippen molar-refractivity contribution in [1.29, 1.82) is 0 Å². The highest BCUT2D eigenvalue weighted by molar-refractivity contribution is 6.33. The summed E-state index contributed by atoms with van der Waals surface area (Å²) in [7, 11) is 0. The van der Waals surface area contributed by atoms with Crippen LogP contribution < -0.4 is 5.32 Å². The van der Waals surface area contributed by atoms with Crippen LogP contribution in [0.1, 0.15) is 25.7 Å². The average molecular weight is 315 g/mol. The summed E-state index contributed by atoms with van der Waals surface area (Å²) in [5.74, 6) is -0.644. The third-order valence-corrected chi connectivity index (χ3v) is 4.09. The predicted octanol–water partition coefficient (Wildman–Crippen LogP) is 2.65. The number of hydrogen-bond donors (Lipinski definition) is 2. The maximum Gasteiger partial charge on any atom is 0.238 e. The van der Waals surface area contributed by atoms with Gasteiger partial charge < -0.3 is 10.4 Å². The number of carbonyl (C=O) groups is 1. The Labute approximate surface area is 128 Å². The molecule has 2 rings (SSSR count). The van der Waals surface area contributed by atoms with Crippen molar-refractivity contribution in [3.05, 3.63) is 29.0 Å². The zero-order valence-corrected chi connectivity index (χ0v) is 12.6. The highest BCUT2D eigenvalue weighted by atomic mass is 35.5. The highest BCUT2D eigenvalue weighted by Crippen LogP contribution is 2.24. The summed E-state index contributed by atoms with van der Waals surface area (Å²) in [5, 5.41) is 12.0. The van der Waals surface area contributed by atoms with Crippen LogP contribution in [0, 0.1) is 5.82 Å². The predicted molar refractivity (Wildman–Crippen MR) is 81.0 cm³/mol. The molecule has 0 unspecified atom stereocenters. The molecule has 116 valence electrons. The average Bonchev–Trinajstić information content (AvgIpc) is 2.95. The lowest BCUT2D eigenvalue weighted by atomic mass is 10.2. The lowest BCUT2D eigenvalue weighted by Crippen LogP contribution is -2.41. The van der Waals surface area contributed by atoms with Crippen LogP contribution in [-0.2, 0) is 4.79 Å². The molecule has 21 heavy (non-hydrogen) atoms. The van der Waals surface area contributed by atoms with Crippen molar-refractivity contribution in [3.63, 3.8) is 0 Å². The summed E-state index contributed by atoms with van der Waals surface area (Å²) < 4.78 is 13.0. The van der Waals surface area contributed by atoms with Gasteiger partial charge in [0.25, 0.3) is 0 Å². The molecule has 0 bridgehead atoms. The Morgan fingerprint density at radius 1 is 1.43 bits per heavy atom. The van der Waals surface area contributed by atoms with E-state index in [9.17, 15) is 9.18 Å². The van der Waals surface area contributed by atoms with Crippen LogP contribution in [0.25, 0.3) is 0 Å². The minimum absolute atomic E-state index is 0.0289. The smallest absolute Gasteiger partial charge is 0.238 e. The van der Waals surface area contributed by atoms with Crippen LogP contribution >= 0.6 is 11.6 Å². The van der Waals surface area contributed by atoms with Gasteiger partial charge in [-0.15, -0.1) is 0 Å². The highest BCUT2D eigenvalue weighted by Gasteiger charge is 2.24. The number of anilines is 1. The minimum atomic E-state index is -0.439. The first-order chi connectivity index (χ1) is 10.1. The van der Waals surface area contributed by atoms with E-state index in [0.717, 1.165) is 25.7 Å². The van der Waals surface area contributed by atoms with Gasteiger partial charge in [-0.1, -0.05) is 24.4 Å². The SMILES string of the molecule is O=C(CN(CCO)C1CCCC1)Nc1ccc(F)cc1Cl. The fraction of sp³-hybridized carbons (Fsp3) is 0.533. The largest absolute Gasteiger partial charge is 0.395 e. The molecule has 0 atom stereocenters. The van der Waals surface area contributed by atoms with Gasteiger partial charge in [-0.3, -0.25) is 9.69 Å². The number of benzene rings is 1. The quantitative estimate of drug-likeness (QED) is 0.849. The monoisotopic (exact) mass is 314 g/mol. The first kappa shape index (κ1) is 16.2. The molecule has 2 N–H and O–H groups in total. The van der Waals surface area contributed by atoms with Crippen LogP contribution in [0.4, 0.5) is 10.1 Å². The van der Waals surface area contributed by atoms with Crippen molar-refractivity contribution >= 4 is 23.2 Å². The van der Waals surface area contributed by atoms with Gasteiger partial charge in [0, 0.05) is 12.6 Å². The molecular weight excluding hydrogens is 295 g/mol. The number of aliphatic hydroxyl groups excluding tert-OH is 1. The number of nitrogens with zero attached hydrogens (tertiary/aromatic N) is 1. The molecule has 6 heteroatoms. The van der Waals surface area contributed by atoms with Crippen molar-refractivity contribution in [1.82, 2.24) is 4.90 Å². The first-order valence-electron chi connectivity index (χ1n) is 7.20. The molecule has 1 saturated carbocycles. The van der Waals surface area contributed by atoms with Gasteiger partial charge >= 0.3 is 0 Å². The Morgan fingerprint density at radius 3 is 2.76 bits per heavy atom. The topological polar surface area (TPSA) is 52.6 Å². The number of carbonyl (C=O) groups excluding carboxylic acids is 1. The standard InChI is InChI=1S/C15H20ClFN2O2/c16-13-9-11(17)5-6-14(13)18-15(21)10-19(7-8-20)12-3-1-2-4-12/h5-6,9,12,20H,1-4,7-8,10H2,(H,18,21). The van der Waals surface area contributed by atoms with Crippen LogP contribution in [0.15, 0.2) is 18.2 Å². The molecule has 1 aliphatic rings. The number of hydrogen-bond acceptors (Lipinski definition) is 3. The van der Waals surface area contributed by atoms with Crippen molar-refractivity contribution in [2.75, 3.05) is 25.0 Å². The maximum absolute atomic E-state index is 13.0. The van der Waals surface area contributed by atoms with Gasteiger partial charge in [-0.25, -0.2) is 4.39 Å². The molecule has 0 saturated heterocycles. The van der Waals surface area contributed by atoms with Gasteiger partial charge in [-0.05, 0) is 31.0 Å². The number of aliphatic hydroxyl groups is 1. The summed E-state index contributed by atoms with van der Waals surface area (Å²) in [6.07, 6.45) is 4.45. The van der Waals surface area contributed by atoms with Gasteiger partial charge in [0.1, 0.15) is 5.82 Å². The molecule has 4 nitrogen and oxygen atoms in total. The fourth-order valence-corrected chi connectivity index (χ4v) is 2.97. The van der Waals surface area contributed by atoms with E-state index in [1.807, 2.05) is 4.90 Å². The Kier molecular flexibility index (Phi) is 5.96. The Hall–Kier alpha value is -1.17. The molecular formula is C15H20ClFN2O2. The second-order valence-corrected chi connectivity index (χ2v) is 5.71. The molecule has 1 aliphatic carbocycles. The molecule has 1 fully saturated rings. The van der Waals surface area contributed by atoms with E-state index in [-0.39, 0.29) is 24.1 Å². The normalized spacial score (nSPS) is 15.6. The summed E-state index contributed by atoms with van der Waals surface area (Å²) >= 11 is 5.89. The maximum atomic E-state index is 13.0. The van der Waals surface area contributed by atoms with Crippen LogP contribution in [0.2, 0.25) is 5.02 Å². The zero-order chi connectivity index (χ0) is 15.2. The zero-order valence-electron chi connectivity index (χ0n) is 11.8. The molecule has 1 aromatic rings. The van der Waals surface area contributed by atoms with Gasteiger partial charge in [-0.2, -0.15) is 0 Å². The van der Waals surface area contributed by atoms with E-state index >= 15 is 0 Å². The second kappa shape index (κ2) is 7.73. The van der Waals surface area contributed by atoms with E-state index in [0.29, 0.717) is 18.3 Å². The van der Waals surface area contributed by atoms with Crippen molar-refractivity contribution in [2.24, 2.45) is 0 Å². The molecule has 0 spiro atoms. The van der Waals surface area contributed by atoms with E-state index < -0.39 is 5.82 Å². The minimum Gasteiger partial charge on any atom is -0.395 e.